The molecule has 1 atom stereocenters. The Morgan fingerprint density at radius 2 is 1.51 bits per heavy atom. The first-order valence-corrected chi connectivity index (χ1v) is 17.7. The van der Waals surface area contributed by atoms with E-state index in [1.165, 1.54) is 49.5 Å². The second-order valence-corrected chi connectivity index (χ2v) is 14.1. The van der Waals surface area contributed by atoms with Gasteiger partial charge in [-0.3, -0.25) is 13.9 Å². The summed E-state index contributed by atoms with van der Waals surface area (Å²) in [6.45, 7) is 1.16. The van der Waals surface area contributed by atoms with Crippen LogP contribution in [-0.4, -0.2) is 58.0 Å². The third kappa shape index (κ3) is 8.77. The third-order valence-electron chi connectivity index (χ3n) is 8.78. The fraction of sp³-hybridized carbons (Fsp3) is 0.316. The van der Waals surface area contributed by atoms with Gasteiger partial charge in [-0.25, -0.2) is 12.8 Å². The van der Waals surface area contributed by atoms with Crippen LogP contribution in [0, 0.1) is 12.7 Å². The molecular formula is C38H42FN3O6S. The SMILES string of the molecule is COc1ccc(N(CC(=O)N(Cc2ccc(F)cc2)[C@@H](Cc2ccccc2)C(=O)NC2CCCC2)S(=O)(=O)c2ccc(C)cc2)cc1OC. The summed E-state index contributed by atoms with van der Waals surface area (Å²) in [5.74, 6) is -0.722. The molecule has 0 aromatic heterocycles. The van der Waals surface area contributed by atoms with Gasteiger partial charge < -0.3 is 19.7 Å². The van der Waals surface area contributed by atoms with Crippen LogP contribution >= 0.6 is 0 Å². The standard InChI is InChI=1S/C38H42FN3O6S/c1-27-13-20-33(21-14-27)49(45,46)42(32-19-22-35(47-2)36(24-32)48-3)26-37(43)41(25-29-15-17-30(39)18-16-29)34(23-28-9-5-4-6-10-28)38(44)40-31-11-7-8-12-31/h4-6,9-10,13-22,24,31,34H,7-8,11-12,23,25-26H2,1-3H3,(H,40,44)/t34-/m0/s1. The van der Waals surface area contributed by atoms with E-state index in [2.05, 4.69) is 5.32 Å². The van der Waals surface area contributed by atoms with Crippen LogP contribution in [0.2, 0.25) is 0 Å². The molecule has 1 saturated carbocycles. The number of methoxy groups -OCH3 is 2. The van der Waals surface area contributed by atoms with E-state index in [0.29, 0.717) is 11.3 Å². The van der Waals surface area contributed by atoms with E-state index in [9.17, 15) is 22.4 Å². The van der Waals surface area contributed by atoms with Gasteiger partial charge >= 0.3 is 0 Å². The molecule has 258 valence electrons. The number of nitrogens with one attached hydrogen (secondary N) is 1. The fourth-order valence-electron chi connectivity index (χ4n) is 6.05. The highest BCUT2D eigenvalue weighted by Gasteiger charge is 2.36. The first kappa shape index (κ1) is 35.4. The highest BCUT2D eigenvalue weighted by atomic mass is 32.2. The van der Waals surface area contributed by atoms with Crippen LogP contribution in [-0.2, 0) is 32.6 Å². The number of ether oxygens (including phenoxy) is 2. The lowest BCUT2D eigenvalue weighted by molar-refractivity contribution is -0.140. The lowest BCUT2D eigenvalue weighted by atomic mass is 10.0. The molecule has 49 heavy (non-hydrogen) atoms. The lowest BCUT2D eigenvalue weighted by Crippen LogP contribution is -2.54. The summed E-state index contributed by atoms with van der Waals surface area (Å²) in [6.07, 6.45) is 3.88. The maximum Gasteiger partial charge on any atom is 0.264 e. The van der Waals surface area contributed by atoms with Gasteiger partial charge in [0.05, 0.1) is 24.8 Å². The number of benzene rings is 4. The van der Waals surface area contributed by atoms with E-state index >= 15 is 0 Å². The molecule has 4 aromatic rings. The molecule has 9 nitrogen and oxygen atoms in total. The zero-order chi connectivity index (χ0) is 35.0. The number of halogens is 1. The number of aryl methyl sites for hydroxylation is 1. The van der Waals surface area contributed by atoms with Crippen LogP contribution in [0.3, 0.4) is 0 Å². The average Bonchev–Trinajstić information content (AvgIpc) is 3.62. The second kappa shape index (κ2) is 16.0. The van der Waals surface area contributed by atoms with Gasteiger partial charge in [0.1, 0.15) is 18.4 Å². The zero-order valence-electron chi connectivity index (χ0n) is 28.0. The molecule has 0 bridgehead atoms. The zero-order valence-corrected chi connectivity index (χ0v) is 28.8. The molecule has 0 saturated heterocycles. The van der Waals surface area contributed by atoms with Crippen molar-refractivity contribution in [2.75, 3.05) is 25.1 Å². The minimum atomic E-state index is -4.31. The summed E-state index contributed by atoms with van der Waals surface area (Å²) in [5.41, 5.74) is 2.45. The molecule has 0 aliphatic heterocycles. The van der Waals surface area contributed by atoms with E-state index in [4.69, 9.17) is 9.47 Å². The molecule has 2 amide bonds. The summed E-state index contributed by atoms with van der Waals surface area (Å²) < 4.78 is 54.5. The molecule has 0 unspecified atom stereocenters. The summed E-state index contributed by atoms with van der Waals surface area (Å²) in [4.78, 5) is 30.2. The largest absolute Gasteiger partial charge is 0.493 e. The topological polar surface area (TPSA) is 105 Å². The predicted molar refractivity (Wildman–Crippen MR) is 187 cm³/mol. The van der Waals surface area contributed by atoms with Crippen molar-refractivity contribution in [1.29, 1.82) is 0 Å². The second-order valence-electron chi connectivity index (χ2n) is 12.2. The van der Waals surface area contributed by atoms with Crippen LogP contribution in [0.4, 0.5) is 10.1 Å². The minimum absolute atomic E-state index is 0.00872. The number of anilines is 1. The van der Waals surface area contributed by atoms with E-state index in [1.54, 1.807) is 36.4 Å². The number of hydrogen-bond acceptors (Lipinski definition) is 6. The van der Waals surface area contributed by atoms with E-state index < -0.39 is 34.3 Å². The smallest absolute Gasteiger partial charge is 0.264 e. The van der Waals surface area contributed by atoms with E-state index in [1.807, 2.05) is 37.3 Å². The Morgan fingerprint density at radius 3 is 2.14 bits per heavy atom. The Kier molecular flexibility index (Phi) is 11.6. The van der Waals surface area contributed by atoms with Crippen molar-refractivity contribution in [3.8, 4) is 11.5 Å². The van der Waals surface area contributed by atoms with Gasteiger partial charge in [0.2, 0.25) is 11.8 Å². The molecule has 1 aliphatic rings. The van der Waals surface area contributed by atoms with Gasteiger partial charge in [0.15, 0.2) is 11.5 Å². The summed E-state index contributed by atoms with van der Waals surface area (Å²) in [6, 6.07) is 25.0. The van der Waals surface area contributed by atoms with Gasteiger partial charge in [-0.05, 0) is 67.3 Å². The molecule has 1 N–H and O–H groups in total. The van der Waals surface area contributed by atoms with Crippen LogP contribution in [0.5, 0.6) is 11.5 Å². The van der Waals surface area contributed by atoms with Crippen LogP contribution in [0.1, 0.15) is 42.4 Å². The third-order valence-corrected chi connectivity index (χ3v) is 10.6. The van der Waals surface area contributed by atoms with Crippen molar-refractivity contribution in [3.05, 3.63) is 120 Å². The molecule has 0 spiro atoms. The Bertz CT molecular complexity index is 1830. The predicted octanol–water partition coefficient (Wildman–Crippen LogP) is 6.05. The number of carbonyl (C=O) groups excluding carboxylic acids is 2. The Morgan fingerprint density at radius 1 is 0.857 bits per heavy atom. The molecular weight excluding hydrogens is 645 g/mol. The minimum Gasteiger partial charge on any atom is -0.493 e. The Labute approximate surface area is 287 Å². The molecule has 5 rings (SSSR count). The summed E-state index contributed by atoms with van der Waals surface area (Å²) in [5, 5.41) is 3.15. The first-order valence-electron chi connectivity index (χ1n) is 16.3. The van der Waals surface area contributed by atoms with Crippen LogP contribution in [0.15, 0.2) is 102 Å². The van der Waals surface area contributed by atoms with Crippen molar-refractivity contribution < 1.29 is 31.9 Å². The normalized spacial score (nSPS) is 13.8. The van der Waals surface area contributed by atoms with E-state index in [0.717, 1.165) is 41.1 Å². The number of nitrogens with zero attached hydrogens (tertiary/aromatic N) is 2. The average molecular weight is 688 g/mol. The lowest BCUT2D eigenvalue weighted by Gasteiger charge is -2.34. The van der Waals surface area contributed by atoms with Crippen LogP contribution in [0.25, 0.3) is 0 Å². The number of rotatable bonds is 14. The highest BCUT2D eigenvalue weighted by Crippen LogP contribution is 2.34. The van der Waals surface area contributed by atoms with Crippen molar-refractivity contribution in [1.82, 2.24) is 10.2 Å². The van der Waals surface area contributed by atoms with Crippen molar-refractivity contribution in [2.45, 2.75) is 62.6 Å². The number of amides is 2. The Hall–Kier alpha value is -4.90. The number of carbonyl (C=O) groups is 2. The first-order chi connectivity index (χ1) is 23.6. The molecule has 0 heterocycles. The molecule has 0 radical (unpaired) electrons. The summed E-state index contributed by atoms with van der Waals surface area (Å²) in [7, 11) is -1.40. The monoisotopic (exact) mass is 687 g/mol. The summed E-state index contributed by atoms with van der Waals surface area (Å²) >= 11 is 0. The van der Waals surface area contributed by atoms with Crippen molar-refractivity contribution >= 4 is 27.5 Å². The molecule has 1 fully saturated rings. The van der Waals surface area contributed by atoms with Crippen molar-refractivity contribution in [3.63, 3.8) is 0 Å². The fourth-order valence-corrected chi connectivity index (χ4v) is 7.46. The van der Waals surface area contributed by atoms with Gasteiger partial charge in [-0.1, -0.05) is 73.0 Å². The molecule has 11 heteroatoms. The number of hydrogen-bond donors (Lipinski definition) is 1. The van der Waals surface area contributed by atoms with Gasteiger partial charge in [-0.15, -0.1) is 0 Å². The highest BCUT2D eigenvalue weighted by molar-refractivity contribution is 7.92. The van der Waals surface area contributed by atoms with Gasteiger partial charge in [-0.2, -0.15) is 0 Å². The van der Waals surface area contributed by atoms with Gasteiger partial charge in [0.25, 0.3) is 10.0 Å². The molecule has 1 aliphatic carbocycles. The maximum atomic E-state index is 14.7. The quantitative estimate of drug-likeness (QED) is 0.173. The number of sulfonamides is 1. The molecule has 4 aromatic carbocycles. The maximum absolute atomic E-state index is 14.7. The van der Waals surface area contributed by atoms with Gasteiger partial charge in [0, 0.05) is 25.1 Å². The van der Waals surface area contributed by atoms with Crippen molar-refractivity contribution in [2.24, 2.45) is 0 Å². The van der Waals surface area contributed by atoms with E-state index in [-0.39, 0.29) is 41.2 Å². The Balaban J connectivity index is 1.59. The van der Waals surface area contributed by atoms with Crippen LogP contribution < -0.4 is 19.1 Å².